The molecule has 0 fully saturated rings. The molecule has 0 unspecified atom stereocenters. The molecule has 0 spiro atoms. The van der Waals surface area contributed by atoms with Crippen LogP contribution < -0.4 is 10.6 Å². The maximum Gasteiger partial charge on any atom is 0.315 e. The first kappa shape index (κ1) is 15.4. The number of carbonyl (C=O) groups is 1. The van der Waals surface area contributed by atoms with Crippen LogP contribution in [0.1, 0.15) is 16.8 Å². The van der Waals surface area contributed by atoms with Crippen LogP contribution in [0.2, 0.25) is 5.02 Å². The molecule has 0 bridgehead atoms. The van der Waals surface area contributed by atoms with Gasteiger partial charge in [-0.2, -0.15) is 0 Å². The standard InChI is InChI=1S/C17H17ClN4O/c1-12-2-4-13(5-3-12)8-19-17(23)20-9-15-11-22-10-14(18)6-7-16(22)21-15/h2-7,10-11H,8-9H2,1H3,(H2,19,20,23). The van der Waals surface area contributed by atoms with E-state index < -0.39 is 0 Å². The maximum atomic E-state index is 11.8. The Morgan fingerprint density at radius 1 is 1.09 bits per heavy atom. The Kier molecular flexibility index (Phi) is 4.48. The van der Waals surface area contributed by atoms with Gasteiger partial charge in [0.2, 0.25) is 0 Å². The van der Waals surface area contributed by atoms with E-state index in [1.807, 2.05) is 47.9 Å². The fourth-order valence-corrected chi connectivity index (χ4v) is 2.39. The molecule has 23 heavy (non-hydrogen) atoms. The number of aryl methyl sites for hydroxylation is 1. The topological polar surface area (TPSA) is 58.4 Å². The smallest absolute Gasteiger partial charge is 0.315 e. The highest BCUT2D eigenvalue weighted by atomic mass is 35.5. The monoisotopic (exact) mass is 328 g/mol. The van der Waals surface area contributed by atoms with Gasteiger partial charge in [-0.25, -0.2) is 9.78 Å². The molecule has 0 aliphatic carbocycles. The van der Waals surface area contributed by atoms with Crippen LogP contribution in [0.3, 0.4) is 0 Å². The van der Waals surface area contributed by atoms with Crippen LogP contribution >= 0.6 is 11.6 Å². The third-order valence-electron chi connectivity index (χ3n) is 3.47. The van der Waals surface area contributed by atoms with Crippen molar-refractivity contribution in [2.24, 2.45) is 0 Å². The number of carbonyl (C=O) groups excluding carboxylic acids is 1. The molecule has 0 aliphatic heterocycles. The number of nitrogens with zero attached hydrogens (tertiary/aromatic N) is 2. The zero-order valence-electron chi connectivity index (χ0n) is 12.7. The van der Waals surface area contributed by atoms with Gasteiger partial charge in [0.25, 0.3) is 0 Å². The number of aromatic nitrogens is 2. The Morgan fingerprint density at radius 3 is 2.61 bits per heavy atom. The second-order valence-corrected chi connectivity index (χ2v) is 5.80. The number of amides is 2. The molecule has 1 aromatic carbocycles. The van der Waals surface area contributed by atoms with E-state index in [4.69, 9.17) is 11.6 Å². The van der Waals surface area contributed by atoms with E-state index in [1.54, 1.807) is 12.3 Å². The van der Waals surface area contributed by atoms with Gasteiger partial charge in [-0.15, -0.1) is 0 Å². The molecule has 0 atom stereocenters. The Hall–Kier alpha value is -2.53. The number of nitrogens with one attached hydrogen (secondary N) is 2. The van der Waals surface area contributed by atoms with Gasteiger partial charge in [0, 0.05) is 18.9 Å². The third kappa shape index (κ3) is 4.02. The average molecular weight is 329 g/mol. The van der Waals surface area contributed by atoms with E-state index in [0.717, 1.165) is 16.9 Å². The number of imidazole rings is 1. The minimum atomic E-state index is -0.222. The van der Waals surface area contributed by atoms with Crippen LogP contribution in [0.25, 0.3) is 5.65 Å². The van der Waals surface area contributed by atoms with Gasteiger partial charge < -0.3 is 15.0 Å². The Labute approximate surface area is 139 Å². The van der Waals surface area contributed by atoms with Crippen LogP contribution in [-0.2, 0) is 13.1 Å². The second-order valence-electron chi connectivity index (χ2n) is 5.37. The molecule has 0 saturated carbocycles. The number of halogens is 1. The number of rotatable bonds is 4. The van der Waals surface area contributed by atoms with Gasteiger partial charge in [-0.05, 0) is 24.6 Å². The van der Waals surface area contributed by atoms with Gasteiger partial charge >= 0.3 is 6.03 Å². The molecule has 6 heteroatoms. The van der Waals surface area contributed by atoms with Crippen molar-refractivity contribution in [1.82, 2.24) is 20.0 Å². The summed E-state index contributed by atoms with van der Waals surface area (Å²) in [5, 5.41) is 6.27. The maximum absolute atomic E-state index is 11.8. The molecule has 5 nitrogen and oxygen atoms in total. The Morgan fingerprint density at radius 2 is 1.83 bits per heavy atom. The zero-order valence-corrected chi connectivity index (χ0v) is 13.5. The summed E-state index contributed by atoms with van der Waals surface area (Å²) in [6.45, 7) is 2.89. The molecule has 0 radical (unpaired) electrons. The first-order chi connectivity index (χ1) is 11.1. The lowest BCUT2D eigenvalue weighted by atomic mass is 10.1. The minimum Gasteiger partial charge on any atom is -0.334 e. The van der Waals surface area contributed by atoms with Crippen molar-refractivity contribution in [1.29, 1.82) is 0 Å². The zero-order chi connectivity index (χ0) is 16.2. The van der Waals surface area contributed by atoms with Crippen LogP contribution in [0.15, 0.2) is 48.8 Å². The van der Waals surface area contributed by atoms with Crippen LogP contribution in [0, 0.1) is 6.92 Å². The number of fused-ring (bicyclic) bond motifs is 1. The number of urea groups is 1. The summed E-state index contributed by atoms with van der Waals surface area (Å²) in [4.78, 5) is 16.3. The van der Waals surface area contributed by atoms with Gasteiger partial charge in [0.15, 0.2) is 0 Å². The fraction of sp³-hybridized carbons (Fsp3) is 0.176. The molecule has 3 rings (SSSR count). The number of hydrogen-bond acceptors (Lipinski definition) is 2. The summed E-state index contributed by atoms with van der Waals surface area (Å²) in [5.74, 6) is 0. The van der Waals surface area contributed by atoms with E-state index in [2.05, 4.69) is 15.6 Å². The molecular formula is C17H17ClN4O. The molecule has 0 saturated heterocycles. The van der Waals surface area contributed by atoms with E-state index in [9.17, 15) is 4.79 Å². The van der Waals surface area contributed by atoms with Crippen LogP contribution in [-0.4, -0.2) is 15.4 Å². The first-order valence-corrected chi connectivity index (χ1v) is 7.68. The van der Waals surface area contributed by atoms with Crippen molar-refractivity contribution < 1.29 is 4.79 Å². The Bertz CT molecular complexity index is 826. The van der Waals surface area contributed by atoms with E-state index in [-0.39, 0.29) is 6.03 Å². The summed E-state index contributed by atoms with van der Waals surface area (Å²) in [6.07, 6.45) is 3.63. The summed E-state index contributed by atoms with van der Waals surface area (Å²) >= 11 is 5.94. The quantitative estimate of drug-likeness (QED) is 0.772. The van der Waals surface area contributed by atoms with Crippen molar-refractivity contribution in [3.05, 3.63) is 70.6 Å². The molecule has 3 aromatic rings. The van der Waals surface area contributed by atoms with Gasteiger partial charge in [0.05, 0.1) is 17.3 Å². The third-order valence-corrected chi connectivity index (χ3v) is 3.69. The fourth-order valence-electron chi connectivity index (χ4n) is 2.22. The second kappa shape index (κ2) is 6.71. The van der Waals surface area contributed by atoms with Crippen molar-refractivity contribution in [3.63, 3.8) is 0 Å². The van der Waals surface area contributed by atoms with Crippen molar-refractivity contribution in [2.45, 2.75) is 20.0 Å². The predicted octanol–water partition coefficient (Wildman–Crippen LogP) is 3.30. The number of hydrogen-bond donors (Lipinski definition) is 2. The summed E-state index contributed by atoms with van der Waals surface area (Å²) in [7, 11) is 0. The first-order valence-electron chi connectivity index (χ1n) is 7.30. The minimum absolute atomic E-state index is 0.222. The lowest BCUT2D eigenvalue weighted by Gasteiger charge is -2.06. The molecule has 118 valence electrons. The SMILES string of the molecule is Cc1ccc(CNC(=O)NCc2cn3cc(Cl)ccc3n2)cc1. The molecular weight excluding hydrogens is 312 g/mol. The van der Waals surface area contributed by atoms with E-state index in [1.165, 1.54) is 5.56 Å². The predicted molar refractivity (Wildman–Crippen MR) is 90.5 cm³/mol. The molecule has 2 heterocycles. The Balaban J connectivity index is 1.52. The summed E-state index contributed by atoms with van der Waals surface area (Å²) in [5.41, 5.74) is 3.84. The highest BCUT2D eigenvalue weighted by Gasteiger charge is 2.05. The molecule has 0 aliphatic rings. The normalized spacial score (nSPS) is 10.7. The summed E-state index contributed by atoms with van der Waals surface area (Å²) in [6, 6.07) is 11.5. The average Bonchev–Trinajstić information content (AvgIpc) is 2.94. The van der Waals surface area contributed by atoms with Crippen molar-refractivity contribution in [3.8, 4) is 0 Å². The largest absolute Gasteiger partial charge is 0.334 e. The highest BCUT2D eigenvalue weighted by molar-refractivity contribution is 6.30. The van der Waals surface area contributed by atoms with E-state index in [0.29, 0.717) is 18.1 Å². The lowest BCUT2D eigenvalue weighted by molar-refractivity contribution is 0.240. The van der Waals surface area contributed by atoms with Crippen LogP contribution in [0.5, 0.6) is 0 Å². The van der Waals surface area contributed by atoms with Gasteiger partial charge in [0.1, 0.15) is 5.65 Å². The molecule has 2 aromatic heterocycles. The van der Waals surface area contributed by atoms with E-state index >= 15 is 0 Å². The number of benzene rings is 1. The van der Waals surface area contributed by atoms with Crippen LogP contribution in [0.4, 0.5) is 4.79 Å². The lowest BCUT2D eigenvalue weighted by Crippen LogP contribution is -2.34. The van der Waals surface area contributed by atoms with Crippen molar-refractivity contribution >= 4 is 23.3 Å². The van der Waals surface area contributed by atoms with Crippen molar-refractivity contribution in [2.75, 3.05) is 0 Å². The highest BCUT2D eigenvalue weighted by Crippen LogP contribution is 2.11. The van der Waals surface area contributed by atoms with Gasteiger partial charge in [-0.1, -0.05) is 41.4 Å². The summed E-state index contributed by atoms with van der Waals surface area (Å²) < 4.78 is 1.84. The van der Waals surface area contributed by atoms with Gasteiger partial charge in [-0.3, -0.25) is 0 Å². The number of pyridine rings is 1. The molecule has 2 N–H and O–H groups in total. The molecule has 2 amide bonds.